The standard InChI is InChI=1S/C23H24N2O3S/c1-5-13-28-19-12-9-17(14-20(19)27-4)15-21-22(26)25(3)23(29-21)24-18-10-7-16(6-2)8-11-18/h5,7-12,14-15H,1,6,13H2,2-4H3. The number of hydrogen-bond acceptors (Lipinski definition) is 5. The van der Waals surface area contributed by atoms with E-state index < -0.39 is 0 Å². The van der Waals surface area contributed by atoms with Crippen molar-refractivity contribution in [1.29, 1.82) is 0 Å². The third-order valence-corrected chi connectivity index (χ3v) is 5.48. The number of aliphatic imine (C=N–C) groups is 1. The first kappa shape index (κ1) is 20.7. The summed E-state index contributed by atoms with van der Waals surface area (Å²) in [5.74, 6) is 1.16. The first-order chi connectivity index (χ1) is 14.0. The van der Waals surface area contributed by atoms with E-state index in [9.17, 15) is 4.79 Å². The number of amidine groups is 1. The van der Waals surface area contributed by atoms with Crippen molar-refractivity contribution >= 4 is 34.6 Å². The summed E-state index contributed by atoms with van der Waals surface area (Å²) >= 11 is 1.36. The van der Waals surface area contributed by atoms with Gasteiger partial charge in [0.1, 0.15) is 6.61 Å². The SMILES string of the molecule is C=CCOc1ccc(C=C2SC(=Nc3ccc(CC)cc3)N(C)C2=O)cc1OC. The molecule has 0 N–H and O–H groups in total. The van der Waals surface area contributed by atoms with Gasteiger partial charge in [-0.25, -0.2) is 4.99 Å². The Kier molecular flexibility index (Phi) is 6.77. The molecule has 0 aromatic heterocycles. The summed E-state index contributed by atoms with van der Waals surface area (Å²) in [5.41, 5.74) is 2.94. The van der Waals surface area contributed by atoms with Crippen LogP contribution >= 0.6 is 11.8 Å². The van der Waals surface area contributed by atoms with E-state index in [4.69, 9.17) is 9.47 Å². The maximum atomic E-state index is 12.7. The summed E-state index contributed by atoms with van der Waals surface area (Å²) in [4.78, 5) is 19.5. The Morgan fingerprint density at radius 2 is 1.93 bits per heavy atom. The quantitative estimate of drug-likeness (QED) is 0.475. The van der Waals surface area contributed by atoms with Crippen LogP contribution in [0.2, 0.25) is 0 Å². The average Bonchev–Trinajstić information content (AvgIpc) is 3.01. The van der Waals surface area contributed by atoms with Crippen LogP contribution in [0.15, 0.2) is 65.0 Å². The minimum atomic E-state index is -0.0788. The first-order valence-corrected chi connectivity index (χ1v) is 10.1. The van der Waals surface area contributed by atoms with E-state index in [-0.39, 0.29) is 5.91 Å². The highest BCUT2D eigenvalue weighted by Crippen LogP contribution is 2.35. The predicted octanol–water partition coefficient (Wildman–Crippen LogP) is 5.06. The minimum Gasteiger partial charge on any atom is -0.493 e. The zero-order valence-electron chi connectivity index (χ0n) is 16.8. The van der Waals surface area contributed by atoms with Gasteiger partial charge in [-0.1, -0.05) is 37.8 Å². The highest BCUT2D eigenvalue weighted by Gasteiger charge is 2.30. The van der Waals surface area contributed by atoms with Gasteiger partial charge in [-0.15, -0.1) is 0 Å². The van der Waals surface area contributed by atoms with Crippen molar-refractivity contribution in [2.45, 2.75) is 13.3 Å². The molecule has 2 aromatic rings. The Morgan fingerprint density at radius 1 is 1.17 bits per heavy atom. The molecule has 1 fully saturated rings. The van der Waals surface area contributed by atoms with Crippen molar-refractivity contribution in [2.24, 2.45) is 4.99 Å². The lowest BCUT2D eigenvalue weighted by molar-refractivity contribution is -0.121. The number of hydrogen-bond donors (Lipinski definition) is 0. The molecule has 0 spiro atoms. The fourth-order valence-corrected chi connectivity index (χ4v) is 3.75. The molecule has 1 aliphatic heterocycles. The Labute approximate surface area is 175 Å². The van der Waals surface area contributed by atoms with E-state index >= 15 is 0 Å². The number of amides is 1. The lowest BCUT2D eigenvalue weighted by atomic mass is 10.2. The molecule has 1 saturated heterocycles. The van der Waals surface area contributed by atoms with Gasteiger partial charge in [0.05, 0.1) is 17.7 Å². The third-order valence-electron chi connectivity index (χ3n) is 4.42. The normalized spacial score (nSPS) is 16.5. The van der Waals surface area contributed by atoms with Crippen LogP contribution in [0.25, 0.3) is 6.08 Å². The van der Waals surface area contributed by atoms with E-state index in [0.29, 0.717) is 28.2 Å². The molecule has 0 saturated carbocycles. The van der Waals surface area contributed by atoms with Gasteiger partial charge in [0.15, 0.2) is 16.7 Å². The van der Waals surface area contributed by atoms with Crippen LogP contribution < -0.4 is 9.47 Å². The second-order valence-corrected chi connectivity index (χ2v) is 7.41. The lowest BCUT2D eigenvalue weighted by Crippen LogP contribution is -2.23. The Bertz CT molecular complexity index is 965. The molecule has 2 aromatic carbocycles. The third kappa shape index (κ3) is 4.90. The maximum absolute atomic E-state index is 12.7. The second-order valence-electron chi connectivity index (χ2n) is 6.40. The summed E-state index contributed by atoms with van der Waals surface area (Å²) < 4.78 is 11.0. The van der Waals surface area contributed by atoms with Crippen molar-refractivity contribution in [3.63, 3.8) is 0 Å². The molecule has 0 unspecified atom stereocenters. The molecule has 1 aliphatic rings. The van der Waals surface area contributed by atoms with Crippen molar-refractivity contribution in [2.75, 3.05) is 20.8 Å². The topological polar surface area (TPSA) is 51.1 Å². The number of methoxy groups -OCH3 is 1. The second kappa shape index (κ2) is 9.47. The van der Waals surface area contributed by atoms with Gasteiger partial charge in [-0.05, 0) is 59.7 Å². The molecule has 1 heterocycles. The highest BCUT2D eigenvalue weighted by molar-refractivity contribution is 8.18. The number of benzene rings is 2. The maximum Gasteiger partial charge on any atom is 0.266 e. The van der Waals surface area contributed by atoms with Crippen LogP contribution in [0.5, 0.6) is 11.5 Å². The highest BCUT2D eigenvalue weighted by atomic mass is 32.2. The van der Waals surface area contributed by atoms with E-state index in [0.717, 1.165) is 17.7 Å². The summed E-state index contributed by atoms with van der Waals surface area (Å²) in [6.07, 6.45) is 4.50. The number of likely N-dealkylation sites (N-methyl/N-ethyl adjacent to an activating group) is 1. The van der Waals surface area contributed by atoms with Crippen LogP contribution in [0.4, 0.5) is 5.69 Å². The molecule has 5 nitrogen and oxygen atoms in total. The molecule has 0 aliphatic carbocycles. The number of aryl methyl sites for hydroxylation is 1. The summed E-state index contributed by atoms with van der Waals surface area (Å²) in [7, 11) is 3.33. The number of rotatable bonds is 7. The number of carbonyl (C=O) groups excluding carboxylic acids is 1. The molecule has 0 radical (unpaired) electrons. The van der Waals surface area contributed by atoms with E-state index in [1.165, 1.54) is 17.3 Å². The molecule has 29 heavy (non-hydrogen) atoms. The van der Waals surface area contributed by atoms with Crippen molar-refractivity contribution in [3.8, 4) is 11.5 Å². The van der Waals surface area contributed by atoms with E-state index in [1.54, 1.807) is 25.1 Å². The summed E-state index contributed by atoms with van der Waals surface area (Å²) in [6, 6.07) is 13.6. The van der Waals surface area contributed by atoms with Crippen molar-refractivity contribution in [3.05, 3.63) is 71.2 Å². The van der Waals surface area contributed by atoms with Crippen LogP contribution in [0.3, 0.4) is 0 Å². The van der Waals surface area contributed by atoms with Gasteiger partial charge in [-0.3, -0.25) is 9.69 Å². The monoisotopic (exact) mass is 408 g/mol. The summed E-state index contributed by atoms with van der Waals surface area (Å²) in [5, 5.41) is 0.656. The molecule has 0 atom stereocenters. The molecule has 1 amide bonds. The zero-order valence-corrected chi connectivity index (χ0v) is 17.7. The van der Waals surface area contributed by atoms with Gasteiger partial charge in [0, 0.05) is 7.05 Å². The number of carbonyl (C=O) groups is 1. The van der Waals surface area contributed by atoms with Crippen LogP contribution in [0, 0.1) is 0 Å². The Hall–Kier alpha value is -2.99. The summed E-state index contributed by atoms with van der Waals surface area (Å²) in [6.45, 7) is 6.16. The first-order valence-electron chi connectivity index (χ1n) is 9.32. The Morgan fingerprint density at radius 3 is 2.59 bits per heavy atom. The molecular formula is C23H24N2O3S. The molecule has 0 bridgehead atoms. The fraction of sp³-hybridized carbons (Fsp3) is 0.217. The molecule has 150 valence electrons. The van der Waals surface area contributed by atoms with Gasteiger partial charge in [-0.2, -0.15) is 0 Å². The van der Waals surface area contributed by atoms with Crippen LogP contribution in [0.1, 0.15) is 18.1 Å². The number of thioether (sulfide) groups is 1. The van der Waals surface area contributed by atoms with Crippen LogP contribution in [-0.4, -0.2) is 36.7 Å². The van der Waals surface area contributed by atoms with Crippen molar-refractivity contribution in [1.82, 2.24) is 4.90 Å². The van der Waals surface area contributed by atoms with Gasteiger partial charge in [0.2, 0.25) is 0 Å². The van der Waals surface area contributed by atoms with Crippen LogP contribution in [-0.2, 0) is 11.2 Å². The zero-order chi connectivity index (χ0) is 20.8. The van der Waals surface area contributed by atoms with E-state index in [1.807, 2.05) is 36.4 Å². The van der Waals surface area contributed by atoms with Gasteiger partial charge < -0.3 is 9.47 Å². The Balaban J connectivity index is 1.83. The predicted molar refractivity (Wildman–Crippen MR) is 120 cm³/mol. The lowest BCUT2D eigenvalue weighted by Gasteiger charge is -2.10. The van der Waals surface area contributed by atoms with Gasteiger partial charge >= 0.3 is 0 Å². The van der Waals surface area contributed by atoms with Gasteiger partial charge in [0.25, 0.3) is 5.91 Å². The fourth-order valence-electron chi connectivity index (χ4n) is 2.76. The molecule has 3 rings (SSSR count). The minimum absolute atomic E-state index is 0.0788. The molecule has 6 heteroatoms. The average molecular weight is 409 g/mol. The smallest absolute Gasteiger partial charge is 0.266 e. The van der Waals surface area contributed by atoms with E-state index in [2.05, 4.69) is 30.6 Å². The number of nitrogens with zero attached hydrogens (tertiary/aromatic N) is 2. The van der Waals surface area contributed by atoms with Crippen molar-refractivity contribution < 1.29 is 14.3 Å². The number of ether oxygens (including phenoxy) is 2. The largest absolute Gasteiger partial charge is 0.493 e. The molecular weight excluding hydrogens is 384 g/mol.